The molecule has 0 unspecified atom stereocenters. The number of halogens is 3. The smallest absolute Gasteiger partial charge is 0.364 e. The third-order valence-electron chi connectivity index (χ3n) is 4.41. The molecule has 0 spiro atoms. The Balaban J connectivity index is 1.79. The fourth-order valence-electron chi connectivity index (χ4n) is 2.88. The van der Waals surface area contributed by atoms with E-state index in [0.29, 0.717) is 24.1 Å². The van der Waals surface area contributed by atoms with Crippen molar-refractivity contribution in [3.8, 4) is 22.9 Å². The maximum atomic E-state index is 12.8. The van der Waals surface area contributed by atoms with E-state index in [-0.39, 0.29) is 11.5 Å². The van der Waals surface area contributed by atoms with Crippen LogP contribution < -0.4 is 5.56 Å². The van der Waals surface area contributed by atoms with Gasteiger partial charge in [0.05, 0.1) is 12.2 Å². The molecule has 0 aliphatic heterocycles. The Kier molecular flexibility index (Phi) is 4.53. The van der Waals surface area contributed by atoms with E-state index in [9.17, 15) is 18.0 Å². The van der Waals surface area contributed by atoms with Gasteiger partial charge in [0, 0.05) is 12.3 Å². The van der Waals surface area contributed by atoms with Crippen molar-refractivity contribution in [1.29, 1.82) is 0 Å². The minimum atomic E-state index is -4.78. The van der Waals surface area contributed by atoms with E-state index in [2.05, 4.69) is 20.2 Å². The van der Waals surface area contributed by atoms with E-state index in [1.165, 1.54) is 6.26 Å². The van der Waals surface area contributed by atoms with Crippen LogP contribution in [0.2, 0.25) is 0 Å². The van der Waals surface area contributed by atoms with Crippen LogP contribution in [0.5, 0.6) is 0 Å². The molecule has 0 radical (unpaired) electrons. The van der Waals surface area contributed by atoms with E-state index in [4.69, 9.17) is 4.52 Å². The third-order valence-corrected chi connectivity index (χ3v) is 4.41. The lowest BCUT2D eigenvalue weighted by molar-refractivity contribution is -0.138. The van der Waals surface area contributed by atoms with Gasteiger partial charge in [0.1, 0.15) is 23.2 Å². The Morgan fingerprint density at radius 3 is 2.62 bits per heavy atom. The lowest BCUT2D eigenvalue weighted by Gasteiger charge is -2.08. The monoisotopic (exact) mass is 401 g/mol. The molecule has 3 aromatic heterocycles. The minimum absolute atomic E-state index is 0.0729. The summed E-state index contributed by atoms with van der Waals surface area (Å²) < 4.78 is 45.0. The van der Waals surface area contributed by atoms with Gasteiger partial charge in [-0.2, -0.15) is 18.3 Å². The molecule has 0 aliphatic carbocycles. The van der Waals surface area contributed by atoms with Crippen molar-refractivity contribution in [2.75, 3.05) is 0 Å². The van der Waals surface area contributed by atoms with E-state index in [1.807, 2.05) is 31.2 Å². The van der Waals surface area contributed by atoms with Crippen LogP contribution in [0.3, 0.4) is 0 Å². The molecular formula is C19H14F3N5O2. The van der Waals surface area contributed by atoms with E-state index < -0.39 is 17.3 Å². The molecule has 0 fully saturated rings. The molecule has 148 valence electrons. The number of benzene rings is 1. The second kappa shape index (κ2) is 7.04. The highest BCUT2D eigenvalue weighted by Gasteiger charge is 2.34. The summed E-state index contributed by atoms with van der Waals surface area (Å²) in [5.41, 5.74) is 0.683. The third kappa shape index (κ3) is 3.68. The summed E-state index contributed by atoms with van der Waals surface area (Å²) in [6, 6.07) is 11.0. The van der Waals surface area contributed by atoms with Crippen LogP contribution in [-0.2, 0) is 12.7 Å². The quantitative estimate of drug-likeness (QED) is 0.564. The Morgan fingerprint density at radius 1 is 1.17 bits per heavy atom. The zero-order valence-corrected chi connectivity index (χ0v) is 15.1. The van der Waals surface area contributed by atoms with Crippen LogP contribution in [0.25, 0.3) is 22.9 Å². The predicted octanol–water partition coefficient (Wildman–Crippen LogP) is 3.66. The number of nitrogens with zero attached hydrogens (tertiary/aromatic N) is 4. The second-order valence-corrected chi connectivity index (χ2v) is 6.36. The first kappa shape index (κ1) is 18.7. The van der Waals surface area contributed by atoms with Gasteiger partial charge < -0.3 is 9.51 Å². The topological polar surface area (TPSA) is 89.6 Å². The molecular weight excluding hydrogens is 387 g/mol. The number of hydrogen-bond donors (Lipinski definition) is 1. The number of rotatable bonds is 4. The zero-order valence-electron chi connectivity index (χ0n) is 15.1. The van der Waals surface area contributed by atoms with Gasteiger partial charge in [-0.3, -0.25) is 9.48 Å². The number of nitrogens with one attached hydrogen (secondary N) is 1. The maximum absolute atomic E-state index is 12.8. The van der Waals surface area contributed by atoms with E-state index in [1.54, 1.807) is 16.8 Å². The van der Waals surface area contributed by atoms with Crippen LogP contribution in [0.4, 0.5) is 13.2 Å². The molecule has 3 heterocycles. The molecule has 10 heteroatoms. The van der Waals surface area contributed by atoms with Crippen molar-refractivity contribution >= 4 is 0 Å². The minimum Gasteiger partial charge on any atom is -0.364 e. The molecule has 29 heavy (non-hydrogen) atoms. The summed E-state index contributed by atoms with van der Waals surface area (Å²) in [5, 5.41) is 8.33. The van der Waals surface area contributed by atoms with Crippen LogP contribution in [0.15, 0.2) is 58.2 Å². The second-order valence-electron chi connectivity index (χ2n) is 6.36. The zero-order chi connectivity index (χ0) is 20.6. The number of aromatic amines is 1. The number of hydrogen-bond acceptors (Lipinski definition) is 5. The van der Waals surface area contributed by atoms with Gasteiger partial charge in [0.25, 0.3) is 5.56 Å². The van der Waals surface area contributed by atoms with Crippen molar-refractivity contribution in [1.82, 2.24) is 24.9 Å². The summed E-state index contributed by atoms with van der Waals surface area (Å²) >= 11 is 0. The van der Waals surface area contributed by atoms with Crippen molar-refractivity contribution in [3.63, 3.8) is 0 Å². The summed E-state index contributed by atoms with van der Waals surface area (Å²) in [6.07, 6.45) is -2.88. The highest BCUT2D eigenvalue weighted by molar-refractivity contribution is 5.62. The van der Waals surface area contributed by atoms with Gasteiger partial charge in [-0.05, 0) is 24.1 Å². The fraction of sp³-hybridized carbons (Fsp3) is 0.158. The number of H-pyrrole nitrogens is 1. The maximum Gasteiger partial charge on any atom is 0.423 e. The van der Waals surface area contributed by atoms with Crippen LogP contribution >= 0.6 is 0 Å². The summed E-state index contributed by atoms with van der Waals surface area (Å²) in [7, 11) is 0. The van der Waals surface area contributed by atoms with Gasteiger partial charge in [-0.15, -0.1) is 0 Å². The van der Waals surface area contributed by atoms with Gasteiger partial charge >= 0.3 is 6.18 Å². The lowest BCUT2D eigenvalue weighted by Crippen LogP contribution is -2.22. The average molecular weight is 401 g/mol. The van der Waals surface area contributed by atoms with E-state index >= 15 is 0 Å². The first-order chi connectivity index (χ1) is 13.8. The van der Waals surface area contributed by atoms with Crippen LogP contribution in [0, 0.1) is 6.92 Å². The lowest BCUT2D eigenvalue weighted by atomic mass is 10.1. The van der Waals surface area contributed by atoms with Crippen LogP contribution in [0.1, 0.15) is 16.7 Å². The summed E-state index contributed by atoms with van der Waals surface area (Å²) in [5.74, 6) is -0.0729. The summed E-state index contributed by atoms with van der Waals surface area (Å²) in [4.78, 5) is 17.7. The SMILES string of the molecule is Cc1ccccc1Cn1nc(-c2ncc(C(F)(F)F)c(=O)[nH]2)cc1-c1ccon1. The van der Waals surface area contributed by atoms with Gasteiger partial charge in [0.2, 0.25) is 0 Å². The Hall–Kier alpha value is -3.69. The van der Waals surface area contributed by atoms with Crippen molar-refractivity contribution in [2.45, 2.75) is 19.6 Å². The highest BCUT2D eigenvalue weighted by atomic mass is 19.4. The molecule has 1 aromatic carbocycles. The summed E-state index contributed by atoms with van der Waals surface area (Å²) in [6.45, 7) is 2.35. The molecule has 0 saturated carbocycles. The normalized spacial score (nSPS) is 11.7. The Bertz CT molecular complexity index is 1210. The molecule has 4 aromatic rings. The number of aromatic nitrogens is 5. The highest BCUT2D eigenvalue weighted by Crippen LogP contribution is 2.27. The van der Waals surface area contributed by atoms with Gasteiger partial charge in [0.15, 0.2) is 5.82 Å². The van der Waals surface area contributed by atoms with Crippen molar-refractivity contribution in [2.24, 2.45) is 0 Å². The predicted molar refractivity (Wildman–Crippen MR) is 96.9 cm³/mol. The molecule has 0 saturated heterocycles. The van der Waals surface area contributed by atoms with Gasteiger partial charge in [-0.1, -0.05) is 29.4 Å². The van der Waals surface area contributed by atoms with Gasteiger partial charge in [-0.25, -0.2) is 4.98 Å². The first-order valence-electron chi connectivity index (χ1n) is 8.53. The Labute approximate surface area is 161 Å². The number of aryl methyl sites for hydroxylation is 1. The molecule has 0 amide bonds. The number of alkyl halides is 3. The molecule has 4 rings (SSSR count). The first-order valence-corrected chi connectivity index (χ1v) is 8.53. The molecule has 1 N–H and O–H groups in total. The molecule has 7 nitrogen and oxygen atoms in total. The van der Waals surface area contributed by atoms with Crippen molar-refractivity contribution in [3.05, 3.63) is 75.9 Å². The fourth-order valence-corrected chi connectivity index (χ4v) is 2.88. The van der Waals surface area contributed by atoms with Crippen LogP contribution in [-0.4, -0.2) is 24.9 Å². The Morgan fingerprint density at radius 2 is 1.97 bits per heavy atom. The van der Waals surface area contributed by atoms with E-state index in [0.717, 1.165) is 11.1 Å². The largest absolute Gasteiger partial charge is 0.423 e. The standard InChI is InChI=1S/C19H14F3N5O2/c1-11-4-2-3-5-12(11)10-27-16(14-6-7-29-26-14)8-15(25-27)17-23-9-13(18(28)24-17)19(20,21)22/h2-9H,10H2,1H3,(H,23,24,28). The molecule has 0 atom stereocenters. The molecule has 0 aliphatic rings. The average Bonchev–Trinajstić information content (AvgIpc) is 3.32. The van der Waals surface area contributed by atoms with Crippen molar-refractivity contribution < 1.29 is 17.7 Å². The molecule has 0 bridgehead atoms.